The highest BCUT2D eigenvalue weighted by Gasteiger charge is 2.35. The standard InChI is InChI=1S/C29H22N2O5S/c1-2-36-28(35)23-24(19-9-5-3-6-10-19)30-29-31(25(23)20-11-7-4-8-12-20)26(32)22(37-29)17-18-13-15-21(16-14-18)27(33)34/h3-17,25H,2H2,1H3,(H,33,34)/b22-17-/t25-/m0/s1. The molecule has 0 bridgehead atoms. The fourth-order valence-corrected chi connectivity index (χ4v) is 5.27. The summed E-state index contributed by atoms with van der Waals surface area (Å²) in [5.74, 6) is -1.55. The molecule has 1 aliphatic rings. The first-order valence-corrected chi connectivity index (χ1v) is 12.5. The van der Waals surface area contributed by atoms with E-state index in [-0.39, 0.29) is 17.7 Å². The number of carboxylic acid groups (broad SMARTS) is 1. The molecule has 8 heteroatoms. The van der Waals surface area contributed by atoms with Crippen molar-refractivity contribution in [2.75, 3.05) is 6.61 Å². The SMILES string of the molecule is CCOC(=O)C1=C(c2ccccc2)N=c2s/c(=C\c3ccc(C(=O)O)cc3)c(=O)n2[C@H]1c1ccccc1. The lowest BCUT2D eigenvalue weighted by atomic mass is 9.93. The van der Waals surface area contributed by atoms with Gasteiger partial charge in [0.25, 0.3) is 5.56 Å². The number of carbonyl (C=O) groups excluding carboxylic acids is 1. The summed E-state index contributed by atoms with van der Waals surface area (Å²) in [6.45, 7) is 1.92. The summed E-state index contributed by atoms with van der Waals surface area (Å²) in [5, 5.41) is 9.17. The maximum Gasteiger partial charge on any atom is 0.338 e. The van der Waals surface area contributed by atoms with E-state index in [4.69, 9.17) is 14.8 Å². The normalized spacial score (nSPS) is 15.2. The molecular weight excluding hydrogens is 488 g/mol. The highest BCUT2D eigenvalue weighted by atomic mass is 32.1. The number of fused-ring (bicyclic) bond motifs is 1. The van der Waals surface area contributed by atoms with Gasteiger partial charge in [0.1, 0.15) is 0 Å². The molecule has 0 spiro atoms. The molecule has 7 nitrogen and oxygen atoms in total. The molecular formula is C29H22N2O5S. The van der Waals surface area contributed by atoms with E-state index in [1.165, 1.54) is 28.0 Å². The van der Waals surface area contributed by atoms with Crippen LogP contribution >= 0.6 is 11.3 Å². The van der Waals surface area contributed by atoms with Gasteiger partial charge < -0.3 is 9.84 Å². The minimum absolute atomic E-state index is 0.161. The number of hydrogen-bond acceptors (Lipinski definition) is 6. The molecule has 0 radical (unpaired) electrons. The Morgan fingerprint density at radius 2 is 1.65 bits per heavy atom. The topological polar surface area (TPSA) is 98.0 Å². The fourth-order valence-electron chi connectivity index (χ4n) is 4.26. The number of carboxylic acids is 1. The van der Waals surface area contributed by atoms with Crippen molar-refractivity contribution < 1.29 is 19.4 Å². The van der Waals surface area contributed by atoms with Gasteiger partial charge in [0.05, 0.1) is 34.0 Å². The number of aromatic carboxylic acids is 1. The Morgan fingerprint density at radius 3 is 2.27 bits per heavy atom. The van der Waals surface area contributed by atoms with Gasteiger partial charge in [-0.25, -0.2) is 14.6 Å². The number of ether oxygens (including phenoxy) is 1. The van der Waals surface area contributed by atoms with Gasteiger partial charge in [0.2, 0.25) is 0 Å². The molecule has 0 saturated carbocycles. The Morgan fingerprint density at radius 1 is 1.00 bits per heavy atom. The largest absolute Gasteiger partial charge is 0.478 e. The van der Waals surface area contributed by atoms with Crippen LogP contribution in [0.25, 0.3) is 11.8 Å². The lowest BCUT2D eigenvalue weighted by molar-refractivity contribution is -0.138. The van der Waals surface area contributed by atoms with Gasteiger partial charge in [-0.2, -0.15) is 0 Å². The molecule has 0 aliphatic carbocycles. The number of benzene rings is 3. The van der Waals surface area contributed by atoms with Crippen molar-refractivity contribution in [2.24, 2.45) is 4.99 Å². The lowest BCUT2D eigenvalue weighted by Crippen LogP contribution is -2.39. The summed E-state index contributed by atoms with van der Waals surface area (Å²) >= 11 is 1.22. The van der Waals surface area contributed by atoms with E-state index in [1.54, 1.807) is 25.1 Å². The number of rotatable bonds is 6. The molecule has 1 N–H and O–H groups in total. The molecule has 5 rings (SSSR count). The third-order valence-corrected chi connectivity index (χ3v) is 6.93. The molecule has 0 fully saturated rings. The van der Waals surface area contributed by atoms with E-state index in [1.807, 2.05) is 60.7 Å². The van der Waals surface area contributed by atoms with Crippen LogP contribution in [0, 0.1) is 0 Å². The number of hydrogen-bond donors (Lipinski definition) is 1. The van der Waals surface area contributed by atoms with Gasteiger partial charge in [0, 0.05) is 5.56 Å². The van der Waals surface area contributed by atoms with Gasteiger partial charge in [-0.1, -0.05) is 84.1 Å². The Kier molecular flexibility index (Phi) is 6.66. The summed E-state index contributed by atoms with van der Waals surface area (Å²) in [4.78, 5) is 43.6. The van der Waals surface area contributed by atoms with Crippen molar-refractivity contribution in [3.8, 4) is 0 Å². The van der Waals surface area contributed by atoms with E-state index in [2.05, 4.69) is 0 Å². The van der Waals surface area contributed by atoms with E-state index in [0.717, 1.165) is 11.1 Å². The predicted octanol–water partition coefficient (Wildman–Crippen LogP) is 3.63. The first-order valence-electron chi connectivity index (χ1n) is 11.6. The molecule has 3 aromatic carbocycles. The van der Waals surface area contributed by atoms with E-state index in [9.17, 15) is 14.4 Å². The average Bonchev–Trinajstić information content (AvgIpc) is 3.23. The van der Waals surface area contributed by atoms with E-state index < -0.39 is 18.0 Å². The number of carbonyl (C=O) groups is 2. The molecule has 1 atom stereocenters. The third kappa shape index (κ3) is 4.66. The van der Waals surface area contributed by atoms with Crippen LogP contribution in [0.5, 0.6) is 0 Å². The van der Waals surface area contributed by atoms with E-state index >= 15 is 0 Å². The number of thiazole rings is 1. The molecule has 0 saturated heterocycles. The second-order valence-electron chi connectivity index (χ2n) is 8.27. The average molecular weight is 511 g/mol. The van der Waals surface area contributed by atoms with Crippen molar-refractivity contribution >= 4 is 35.0 Å². The maximum absolute atomic E-state index is 13.8. The van der Waals surface area contributed by atoms with Gasteiger partial charge in [-0.15, -0.1) is 0 Å². The molecule has 0 amide bonds. The molecule has 1 aliphatic heterocycles. The van der Waals surface area contributed by atoms with Crippen LogP contribution in [0.4, 0.5) is 0 Å². The second-order valence-corrected chi connectivity index (χ2v) is 9.28. The van der Waals surface area contributed by atoms with Crippen molar-refractivity contribution in [3.05, 3.63) is 132 Å². The van der Waals surface area contributed by atoms with Gasteiger partial charge in [-0.3, -0.25) is 9.36 Å². The molecule has 1 aromatic heterocycles. The molecule has 184 valence electrons. The monoisotopic (exact) mass is 510 g/mol. The van der Waals surface area contributed by atoms with Crippen molar-refractivity contribution in [3.63, 3.8) is 0 Å². The zero-order valence-corrected chi connectivity index (χ0v) is 20.6. The van der Waals surface area contributed by atoms with Crippen LogP contribution in [0.1, 0.15) is 40.0 Å². The Balaban J connectivity index is 1.78. The van der Waals surface area contributed by atoms with Crippen LogP contribution < -0.4 is 14.9 Å². The van der Waals surface area contributed by atoms with Crippen LogP contribution in [-0.4, -0.2) is 28.2 Å². The van der Waals surface area contributed by atoms with Crippen molar-refractivity contribution in [2.45, 2.75) is 13.0 Å². The van der Waals surface area contributed by atoms with Crippen LogP contribution in [0.2, 0.25) is 0 Å². The van der Waals surface area contributed by atoms with Gasteiger partial charge in [0.15, 0.2) is 4.80 Å². The molecule has 2 heterocycles. The first kappa shape index (κ1) is 24.1. The van der Waals surface area contributed by atoms with E-state index in [0.29, 0.717) is 26.2 Å². The van der Waals surface area contributed by atoms with Gasteiger partial charge in [-0.05, 0) is 36.3 Å². The smallest absolute Gasteiger partial charge is 0.338 e. The number of nitrogens with zero attached hydrogens (tertiary/aromatic N) is 2. The minimum Gasteiger partial charge on any atom is -0.478 e. The highest BCUT2D eigenvalue weighted by Crippen LogP contribution is 2.35. The van der Waals surface area contributed by atoms with Crippen LogP contribution in [0.3, 0.4) is 0 Å². The quantitative estimate of drug-likeness (QED) is 0.400. The Bertz CT molecular complexity index is 1690. The molecule has 4 aromatic rings. The fraction of sp³-hybridized carbons (Fsp3) is 0.103. The second kappa shape index (κ2) is 10.2. The van der Waals surface area contributed by atoms with Crippen LogP contribution in [-0.2, 0) is 9.53 Å². The van der Waals surface area contributed by atoms with Crippen molar-refractivity contribution in [1.82, 2.24) is 4.57 Å². The molecule has 37 heavy (non-hydrogen) atoms. The highest BCUT2D eigenvalue weighted by molar-refractivity contribution is 7.07. The number of esters is 1. The molecule has 0 unspecified atom stereocenters. The zero-order valence-electron chi connectivity index (χ0n) is 19.8. The Hall–Kier alpha value is -4.56. The van der Waals surface area contributed by atoms with Gasteiger partial charge >= 0.3 is 11.9 Å². The summed E-state index contributed by atoms with van der Waals surface area (Å²) in [7, 11) is 0. The zero-order chi connectivity index (χ0) is 25.9. The third-order valence-electron chi connectivity index (χ3n) is 5.94. The summed E-state index contributed by atoms with van der Waals surface area (Å²) in [6, 6.07) is 24.3. The lowest BCUT2D eigenvalue weighted by Gasteiger charge is -2.25. The maximum atomic E-state index is 13.8. The first-order chi connectivity index (χ1) is 18.0. The van der Waals surface area contributed by atoms with Crippen molar-refractivity contribution in [1.29, 1.82) is 0 Å². The van der Waals surface area contributed by atoms with Crippen LogP contribution in [0.15, 0.2) is 100 Å². The summed E-state index contributed by atoms with van der Waals surface area (Å²) in [6.07, 6.45) is 1.70. The summed E-state index contributed by atoms with van der Waals surface area (Å²) in [5.41, 5.74) is 2.80. The Labute approximate surface area is 215 Å². The minimum atomic E-state index is -1.02. The summed E-state index contributed by atoms with van der Waals surface area (Å²) < 4.78 is 7.40. The number of aromatic nitrogens is 1. The predicted molar refractivity (Wildman–Crippen MR) is 141 cm³/mol.